The second kappa shape index (κ2) is 5.03. The Morgan fingerprint density at radius 1 is 1.00 bits per heavy atom. The van der Waals surface area contributed by atoms with Gasteiger partial charge in [0.15, 0.2) is 0 Å². The highest BCUT2D eigenvalue weighted by molar-refractivity contribution is 5.49. The van der Waals surface area contributed by atoms with E-state index in [2.05, 4.69) is 41.8 Å². The van der Waals surface area contributed by atoms with Crippen molar-refractivity contribution in [3.63, 3.8) is 0 Å². The van der Waals surface area contributed by atoms with Crippen LogP contribution in [0.25, 0.3) is 0 Å². The van der Waals surface area contributed by atoms with Gasteiger partial charge in [-0.05, 0) is 35.4 Å². The number of nitrogen functional groups attached to an aromatic ring is 1. The summed E-state index contributed by atoms with van der Waals surface area (Å²) in [5.41, 5.74) is 12.3. The molecule has 5 N–H and O–H groups in total. The van der Waals surface area contributed by atoms with Crippen molar-refractivity contribution in [1.82, 2.24) is 5.43 Å². The molecule has 0 spiro atoms. The quantitative estimate of drug-likeness (QED) is 0.446. The van der Waals surface area contributed by atoms with Crippen LogP contribution in [0.2, 0.25) is 0 Å². The van der Waals surface area contributed by atoms with Crippen LogP contribution >= 0.6 is 0 Å². The summed E-state index contributed by atoms with van der Waals surface area (Å²) in [6.45, 7) is 0. The lowest BCUT2D eigenvalue weighted by Gasteiger charge is -2.18. The summed E-state index contributed by atoms with van der Waals surface area (Å²) in [6.07, 6.45) is 1.16. The molecule has 1 aliphatic carbocycles. The van der Waals surface area contributed by atoms with E-state index >= 15 is 0 Å². The molecule has 3 heteroatoms. The first-order chi connectivity index (χ1) is 9.31. The Morgan fingerprint density at radius 3 is 2.37 bits per heavy atom. The summed E-state index contributed by atoms with van der Waals surface area (Å²) in [6, 6.07) is 18.7. The standard InChI is InChI=1S/C16H19N3/c17-15-9-5-4-8-12(15)16(19-18)14-10-13(14)11-6-2-1-3-7-11/h1-9,13-14,16,19H,10,17-18H2. The maximum Gasteiger partial charge on any atom is 0.0514 e. The highest BCUT2D eigenvalue weighted by atomic mass is 15.2. The average Bonchev–Trinajstić information content (AvgIpc) is 3.23. The SMILES string of the molecule is NNC(c1ccccc1N)C1CC1c1ccccc1. The van der Waals surface area contributed by atoms with Gasteiger partial charge in [-0.3, -0.25) is 11.3 Å². The van der Waals surface area contributed by atoms with Crippen LogP contribution in [0.5, 0.6) is 0 Å². The minimum Gasteiger partial charge on any atom is -0.398 e. The number of nitrogens with two attached hydrogens (primary N) is 2. The van der Waals surface area contributed by atoms with Gasteiger partial charge < -0.3 is 5.73 Å². The van der Waals surface area contributed by atoms with E-state index in [-0.39, 0.29) is 6.04 Å². The van der Waals surface area contributed by atoms with Crippen molar-refractivity contribution in [2.24, 2.45) is 11.8 Å². The second-order valence-electron chi connectivity index (χ2n) is 5.19. The lowest BCUT2D eigenvalue weighted by Crippen LogP contribution is -2.30. The van der Waals surface area contributed by atoms with Gasteiger partial charge in [-0.1, -0.05) is 48.5 Å². The Labute approximate surface area is 113 Å². The molecular weight excluding hydrogens is 234 g/mol. The predicted octanol–water partition coefficient (Wildman–Crippen LogP) is 2.58. The number of para-hydroxylation sites is 1. The fourth-order valence-electron chi connectivity index (χ4n) is 2.90. The molecule has 1 saturated carbocycles. The van der Waals surface area contributed by atoms with Crippen molar-refractivity contribution in [3.05, 3.63) is 65.7 Å². The van der Waals surface area contributed by atoms with Crippen molar-refractivity contribution in [2.75, 3.05) is 5.73 Å². The van der Waals surface area contributed by atoms with Gasteiger partial charge in [0.2, 0.25) is 0 Å². The molecule has 3 nitrogen and oxygen atoms in total. The summed E-state index contributed by atoms with van der Waals surface area (Å²) in [5, 5.41) is 0. The predicted molar refractivity (Wildman–Crippen MR) is 78.2 cm³/mol. The number of hydrogen-bond donors (Lipinski definition) is 3. The van der Waals surface area contributed by atoms with Crippen molar-refractivity contribution >= 4 is 5.69 Å². The van der Waals surface area contributed by atoms with E-state index in [4.69, 9.17) is 11.6 Å². The maximum atomic E-state index is 6.05. The smallest absolute Gasteiger partial charge is 0.0514 e. The van der Waals surface area contributed by atoms with Crippen molar-refractivity contribution < 1.29 is 0 Å². The average molecular weight is 253 g/mol. The van der Waals surface area contributed by atoms with E-state index in [1.807, 2.05) is 18.2 Å². The summed E-state index contributed by atoms with van der Waals surface area (Å²) < 4.78 is 0. The molecule has 0 bridgehead atoms. The zero-order chi connectivity index (χ0) is 13.2. The fourth-order valence-corrected chi connectivity index (χ4v) is 2.90. The number of benzene rings is 2. The fraction of sp³-hybridized carbons (Fsp3) is 0.250. The van der Waals surface area contributed by atoms with Gasteiger partial charge in [-0.25, -0.2) is 0 Å². The monoisotopic (exact) mass is 253 g/mol. The zero-order valence-electron chi connectivity index (χ0n) is 10.8. The molecule has 0 radical (unpaired) electrons. The normalized spacial score (nSPS) is 23.0. The summed E-state index contributed by atoms with van der Waals surface area (Å²) in [5.74, 6) is 6.86. The van der Waals surface area contributed by atoms with Gasteiger partial charge in [0, 0.05) is 5.69 Å². The minimum absolute atomic E-state index is 0.131. The number of hydrazine groups is 1. The third kappa shape index (κ3) is 2.35. The van der Waals surface area contributed by atoms with Gasteiger partial charge in [-0.15, -0.1) is 0 Å². The maximum absolute atomic E-state index is 6.05. The summed E-state index contributed by atoms with van der Waals surface area (Å²) in [4.78, 5) is 0. The Bertz CT molecular complexity index is 553. The van der Waals surface area contributed by atoms with Crippen LogP contribution in [0.15, 0.2) is 54.6 Å². The van der Waals surface area contributed by atoms with Gasteiger partial charge in [0.1, 0.15) is 0 Å². The van der Waals surface area contributed by atoms with Crippen LogP contribution in [0.4, 0.5) is 5.69 Å². The first-order valence-corrected chi connectivity index (χ1v) is 6.66. The molecule has 3 rings (SSSR count). The molecule has 0 amide bonds. The van der Waals surface area contributed by atoms with E-state index in [1.165, 1.54) is 5.56 Å². The van der Waals surface area contributed by atoms with Crippen LogP contribution in [-0.4, -0.2) is 0 Å². The largest absolute Gasteiger partial charge is 0.398 e. The molecule has 0 heterocycles. The van der Waals surface area contributed by atoms with Crippen LogP contribution in [0.1, 0.15) is 29.5 Å². The van der Waals surface area contributed by atoms with Crippen molar-refractivity contribution in [1.29, 1.82) is 0 Å². The highest BCUT2D eigenvalue weighted by Gasteiger charge is 2.44. The Hall–Kier alpha value is -1.84. The lowest BCUT2D eigenvalue weighted by molar-refractivity contribution is 0.489. The lowest BCUT2D eigenvalue weighted by atomic mass is 9.98. The molecule has 3 atom stereocenters. The first kappa shape index (κ1) is 12.2. The zero-order valence-corrected chi connectivity index (χ0v) is 10.8. The summed E-state index contributed by atoms with van der Waals surface area (Å²) in [7, 11) is 0. The van der Waals surface area contributed by atoms with Crippen LogP contribution in [-0.2, 0) is 0 Å². The van der Waals surface area contributed by atoms with Crippen LogP contribution in [0.3, 0.4) is 0 Å². The van der Waals surface area contributed by atoms with E-state index in [9.17, 15) is 0 Å². The van der Waals surface area contributed by atoms with Crippen LogP contribution < -0.4 is 17.0 Å². The highest BCUT2D eigenvalue weighted by Crippen LogP contribution is 2.54. The third-order valence-corrected chi connectivity index (χ3v) is 4.01. The topological polar surface area (TPSA) is 64.1 Å². The van der Waals surface area contributed by atoms with Gasteiger partial charge in [0.05, 0.1) is 6.04 Å². The van der Waals surface area contributed by atoms with E-state index in [1.54, 1.807) is 0 Å². The molecule has 2 aromatic carbocycles. The molecule has 1 aliphatic rings. The van der Waals surface area contributed by atoms with Crippen LogP contribution in [0, 0.1) is 5.92 Å². The number of nitrogens with one attached hydrogen (secondary N) is 1. The Balaban J connectivity index is 1.81. The molecule has 2 aromatic rings. The molecule has 0 saturated heterocycles. The second-order valence-corrected chi connectivity index (χ2v) is 5.19. The first-order valence-electron chi connectivity index (χ1n) is 6.66. The molecular formula is C16H19N3. The number of rotatable bonds is 4. The van der Waals surface area contributed by atoms with E-state index in [0.29, 0.717) is 11.8 Å². The van der Waals surface area contributed by atoms with Crippen molar-refractivity contribution in [2.45, 2.75) is 18.4 Å². The minimum atomic E-state index is 0.131. The molecule has 1 fully saturated rings. The Kier molecular flexibility index (Phi) is 3.23. The molecule has 0 aliphatic heterocycles. The van der Waals surface area contributed by atoms with Gasteiger partial charge in [0.25, 0.3) is 0 Å². The van der Waals surface area contributed by atoms with E-state index in [0.717, 1.165) is 17.7 Å². The number of anilines is 1. The van der Waals surface area contributed by atoms with Crippen molar-refractivity contribution in [3.8, 4) is 0 Å². The molecule has 19 heavy (non-hydrogen) atoms. The van der Waals surface area contributed by atoms with Gasteiger partial charge in [-0.2, -0.15) is 0 Å². The van der Waals surface area contributed by atoms with E-state index < -0.39 is 0 Å². The third-order valence-electron chi connectivity index (χ3n) is 4.01. The molecule has 3 unspecified atom stereocenters. The molecule has 98 valence electrons. The number of hydrogen-bond acceptors (Lipinski definition) is 3. The Morgan fingerprint density at radius 2 is 1.68 bits per heavy atom. The molecule has 0 aromatic heterocycles. The van der Waals surface area contributed by atoms with Gasteiger partial charge >= 0.3 is 0 Å². The summed E-state index contributed by atoms with van der Waals surface area (Å²) >= 11 is 0.